The largest absolute Gasteiger partial charge is 0.496 e. The molecule has 1 aromatic rings. The molecule has 0 saturated carbocycles. The number of methoxy groups -OCH3 is 1. The summed E-state index contributed by atoms with van der Waals surface area (Å²) in [6, 6.07) is 4.90. The minimum atomic E-state index is -0.379. The van der Waals surface area contributed by atoms with Gasteiger partial charge in [0.25, 0.3) is 5.69 Å². The molecule has 6 nitrogen and oxygen atoms in total. The summed E-state index contributed by atoms with van der Waals surface area (Å²) in [6.45, 7) is 4.96. The fourth-order valence-electron chi connectivity index (χ4n) is 2.45. The summed E-state index contributed by atoms with van der Waals surface area (Å²) >= 11 is 0. The highest BCUT2D eigenvalue weighted by atomic mass is 16.6. The Labute approximate surface area is 118 Å². The average molecular weight is 279 g/mol. The van der Waals surface area contributed by atoms with Crippen LogP contribution < -0.4 is 15.4 Å². The molecule has 6 heteroatoms. The molecule has 2 rings (SSSR count). The summed E-state index contributed by atoms with van der Waals surface area (Å²) in [5.41, 5.74) is 0.788. The molecule has 0 atom stereocenters. The van der Waals surface area contributed by atoms with Crippen molar-refractivity contribution in [2.24, 2.45) is 5.41 Å². The highest BCUT2D eigenvalue weighted by molar-refractivity contribution is 5.64. The Morgan fingerprint density at radius 1 is 1.45 bits per heavy atom. The number of rotatable bonds is 5. The number of nitro groups is 1. The van der Waals surface area contributed by atoms with E-state index in [0.29, 0.717) is 11.4 Å². The Bertz CT molecular complexity index is 485. The van der Waals surface area contributed by atoms with E-state index in [-0.39, 0.29) is 16.0 Å². The molecule has 1 fully saturated rings. The molecule has 1 aliphatic heterocycles. The second-order valence-corrected chi connectivity index (χ2v) is 5.55. The molecule has 1 aromatic carbocycles. The lowest BCUT2D eigenvalue weighted by Crippen LogP contribution is -2.39. The van der Waals surface area contributed by atoms with Crippen molar-refractivity contribution in [2.75, 3.05) is 32.1 Å². The first-order valence-electron chi connectivity index (χ1n) is 6.81. The Balaban J connectivity index is 2.10. The van der Waals surface area contributed by atoms with E-state index >= 15 is 0 Å². The van der Waals surface area contributed by atoms with Crippen molar-refractivity contribution in [1.29, 1.82) is 0 Å². The normalized spacial score (nSPS) is 17.5. The highest BCUT2D eigenvalue weighted by Gasteiger charge is 2.27. The molecule has 1 heterocycles. The minimum Gasteiger partial charge on any atom is -0.496 e. The molecule has 0 bridgehead atoms. The predicted molar refractivity (Wildman–Crippen MR) is 78.3 cm³/mol. The van der Waals surface area contributed by atoms with Gasteiger partial charge in [-0.3, -0.25) is 10.1 Å². The summed E-state index contributed by atoms with van der Waals surface area (Å²) in [5.74, 6) is 0.496. The van der Waals surface area contributed by atoms with Crippen molar-refractivity contribution in [1.82, 2.24) is 5.32 Å². The van der Waals surface area contributed by atoms with Crippen LogP contribution in [0.25, 0.3) is 0 Å². The fraction of sp³-hybridized carbons (Fsp3) is 0.571. The quantitative estimate of drug-likeness (QED) is 0.639. The lowest BCUT2D eigenvalue weighted by molar-refractivity contribution is -0.384. The van der Waals surface area contributed by atoms with Gasteiger partial charge in [0.05, 0.1) is 18.1 Å². The standard InChI is InChI=1S/C14H21N3O3/c1-14(5-7-15-8-6-14)10-16-12-4-3-11(20-2)9-13(12)17(18)19/h3-4,9,15-16H,5-8,10H2,1-2H3. The Morgan fingerprint density at radius 2 is 2.15 bits per heavy atom. The van der Waals surface area contributed by atoms with E-state index in [0.717, 1.165) is 32.5 Å². The number of anilines is 1. The van der Waals surface area contributed by atoms with Gasteiger partial charge in [-0.2, -0.15) is 0 Å². The minimum absolute atomic E-state index is 0.0573. The molecule has 110 valence electrons. The fourth-order valence-corrected chi connectivity index (χ4v) is 2.45. The summed E-state index contributed by atoms with van der Waals surface area (Å²) < 4.78 is 5.03. The molecule has 2 N–H and O–H groups in total. The van der Waals surface area contributed by atoms with Crippen LogP contribution in [0.2, 0.25) is 0 Å². The molecular formula is C14H21N3O3. The Morgan fingerprint density at radius 3 is 2.75 bits per heavy atom. The molecule has 0 aliphatic carbocycles. The third kappa shape index (κ3) is 3.39. The van der Waals surface area contributed by atoms with Crippen molar-refractivity contribution in [3.63, 3.8) is 0 Å². The van der Waals surface area contributed by atoms with Gasteiger partial charge in [-0.1, -0.05) is 6.92 Å². The third-order valence-corrected chi connectivity index (χ3v) is 3.92. The first-order chi connectivity index (χ1) is 9.54. The van der Waals surface area contributed by atoms with Crippen LogP contribution in [-0.2, 0) is 0 Å². The van der Waals surface area contributed by atoms with Crippen LogP contribution in [0.1, 0.15) is 19.8 Å². The number of hydrogen-bond donors (Lipinski definition) is 2. The zero-order valence-electron chi connectivity index (χ0n) is 11.9. The van der Waals surface area contributed by atoms with Crippen molar-refractivity contribution in [3.05, 3.63) is 28.3 Å². The number of nitro benzene ring substituents is 1. The highest BCUT2D eigenvalue weighted by Crippen LogP contribution is 2.32. The summed E-state index contributed by atoms with van der Waals surface area (Å²) in [6.07, 6.45) is 2.15. The first kappa shape index (κ1) is 14.6. The maximum absolute atomic E-state index is 11.1. The van der Waals surface area contributed by atoms with Crippen LogP contribution in [-0.4, -0.2) is 31.7 Å². The zero-order chi connectivity index (χ0) is 14.6. The van der Waals surface area contributed by atoms with E-state index in [1.807, 2.05) is 0 Å². The molecule has 1 saturated heterocycles. The molecular weight excluding hydrogens is 258 g/mol. The molecule has 0 amide bonds. The van der Waals surface area contributed by atoms with Crippen molar-refractivity contribution in [2.45, 2.75) is 19.8 Å². The molecule has 0 radical (unpaired) electrons. The maximum atomic E-state index is 11.1. The van der Waals surface area contributed by atoms with Crippen LogP contribution >= 0.6 is 0 Å². The molecule has 1 aliphatic rings. The van der Waals surface area contributed by atoms with Gasteiger partial charge in [0, 0.05) is 6.54 Å². The second kappa shape index (κ2) is 6.09. The maximum Gasteiger partial charge on any atom is 0.296 e. The van der Waals surface area contributed by atoms with Crippen LogP contribution in [0.4, 0.5) is 11.4 Å². The smallest absolute Gasteiger partial charge is 0.296 e. The number of benzene rings is 1. The van der Waals surface area contributed by atoms with Gasteiger partial charge in [-0.25, -0.2) is 0 Å². The summed E-state index contributed by atoms with van der Waals surface area (Å²) in [7, 11) is 1.50. The van der Waals surface area contributed by atoms with E-state index in [1.165, 1.54) is 13.2 Å². The third-order valence-electron chi connectivity index (χ3n) is 3.92. The second-order valence-electron chi connectivity index (χ2n) is 5.55. The monoisotopic (exact) mass is 279 g/mol. The van der Waals surface area contributed by atoms with Gasteiger partial charge in [-0.15, -0.1) is 0 Å². The van der Waals surface area contributed by atoms with E-state index in [9.17, 15) is 10.1 Å². The van der Waals surface area contributed by atoms with Gasteiger partial charge in [0.1, 0.15) is 11.4 Å². The van der Waals surface area contributed by atoms with E-state index in [1.54, 1.807) is 12.1 Å². The van der Waals surface area contributed by atoms with Crippen LogP contribution in [0.5, 0.6) is 5.75 Å². The predicted octanol–water partition coefficient (Wildman–Crippen LogP) is 2.41. The van der Waals surface area contributed by atoms with E-state index in [4.69, 9.17) is 4.74 Å². The molecule has 0 spiro atoms. The SMILES string of the molecule is COc1ccc(NCC2(C)CCNCC2)c([N+](=O)[O-])c1. The van der Waals surface area contributed by atoms with Gasteiger partial charge in [0.15, 0.2) is 0 Å². The van der Waals surface area contributed by atoms with Gasteiger partial charge in [-0.05, 0) is 43.5 Å². The number of hydrogen-bond acceptors (Lipinski definition) is 5. The number of nitrogens with zero attached hydrogens (tertiary/aromatic N) is 1. The Hall–Kier alpha value is -1.82. The van der Waals surface area contributed by atoms with Crippen molar-refractivity contribution < 1.29 is 9.66 Å². The van der Waals surface area contributed by atoms with Gasteiger partial charge < -0.3 is 15.4 Å². The van der Waals surface area contributed by atoms with Crippen molar-refractivity contribution >= 4 is 11.4 Å². The first-order valence-corrected chi connectivity index (χ1v) is 6.81. The molecule has 0 aromatic heterocycles. The lowest BCUT2D eigenvalue weighted by atomic mass is 9.81. The molecule has 20 heavy (non-hydrogen) atoms. The van der Waals surface area contributed by atoms with Gasteiger partial charge >= 0.3 is 0 Å². The number of piperidine rings is 1. The number of ether oxygens (including phenoxy) is 1. The van der Waals surface area contributed by atoms with Crippen molar-refractivity contribution in [3.8, 4) is 5.75 Å². The Kier molecular flexibility index (Phi) is 4.44. The van der Waals surface area contributed by atoms with Gasteiger partial charge in [0.2, 0.25) is 0 Å². The summed E-state index contributed by atoms with van der Waals surface area (Å²) in [4.78, 5) is 10.7. The number of nitrogens with one attached hydrogen (secondary N) is 2. The molecule has 0 unspecified atom stereocenters. The topological polar surface area (TPSA) is 76.4 Å². The zero-order valence-corrected chi connectivity index (χ0v) is 11.9. The summed E-state index contributed by atoms with van der Waals surface area (Å²) in [5, 5.41) is 17.7. The van der Waals surface area contributed by atoms with Crippen LogP contribution in [0.3, 0.4) is 0 Å². The van der Waals surface area contributed by atoms with Crippen LogP contribution in [0.15, 0.2) is 18.2 Å². The average Bonchev–Trinajstić information content (AvgIpc) is 2.45. The van der Waals surface area contributed by atoms with Crippen LogP contribution in [0, 0.1) is 15.5 Å². The lowest BCUT2D eigenvalue weighted by Gasteiger charge is -2.34. The van der Waals surface area contributed by atoms with E-state index < -0.39 is 0 Å². The van der Waals surface area contributed by atoms with E-state index in [2.05, 4.69) is 17.6 Å².